The Bertz CT molecular complexity index is 1210. The quantitative estimate of drug-likeness (QED) is 0.473. The van der Waals surface area contributed by atoms with Crippen molar-refractivity contribution in [3.63, 3.8) is 0 Å². The Morgan fingerprint density at radius 1 is 1.09 bits per heavy atom. The molecule has 2 aromatic carbocycles. The summed E-state index contributed by atoms with van der Waals surface area (Å²) in [5.74, 6) is 1.42. The second-order valence-corrected chi connectivity index (χ2v) is 9.82. The summed E-state index contributed by atoms with van der Waals surface area (Å²) in [4.78, 5) is 31.9. The van der Waals surface area contributed by atoms with Crippen LogP contribution in [0.25, 0.3) is 0 Å². The lowest BCUT2D eigenvalue weighted by atomic mass is 10.1. The second-order valence-electron chi connectivity index (χ2n) is 8.74. The first-order valence-electron chi connectivity index (χ1n) is 11.6. The lowest BCUT2D eigenvalue weighted by Crippen LogP contribution is -2.39. The maximum Gasteiger partial charge on any atom is 0.326 e. The van der Waals surface area contributed by atoms with Crippen molar-refractivity contribution in [2.45, 2.75) is 45.4 Å². The normalized spacial score (nSPS) is 12.8. The summed E-state index contributed by atoms with van der Waals surface area (Å²) in [6.45, 7) is 8.95. The maximum absolute atomic E-state index is 13.0. The summed E-state index contributed by atoms with van der Waals surface area (Å²) in [5.41, 5.74) is 4.98. The van der Waals surface area contributed by atoms with Crippen LogP contribution in [0.15, 0.2) is 59.6 Å². The number of fused-ring (bicyclic) bond motifs is 1. The van der Waals surface area contributed by atoms with Gasteiger partial charge in [0, 0.05) is 35.8 Å². The van der Waals surface area contributed by atoms with Gasteiger partial charge in [-0.05, 0) is 81.3 Å². The molecule has 182 valence electrons. The minimum atomic E-state index is -0.206. The van der Waals surface area contributed by atoms with Crippen molar-refractivity contribution in [3.05, 3.63) is 77.0 Å². The van der Waals surface area contributed by atoms with Crippen LogP contribution in [-0.4, -0.2) is 35.3 Å². The number of pyridine rings is 1. The monoisotopic (exact) mass is 490 g/mol. The van der Waals surface area contributed by atoms with E-state index in [0.29, 0.717) is 24.3 Å². The topological polar surface area (TPSA) is 83.6 Å². The number of ether oxygens (including phenoxy) is 1. The van der Waals surface area contributed by atoms with Gasteiger partial charge in [0.2, 0.25) is 0 Å². The number of amides is 3. The van der Waals surface area contributed by atoms with Crippen LogP contribution in [0.1, 0.15) is 41.0 Å². The second kappa shape index (κ2) is 10.8. The number of hydrogen-bond acceptors (Lipinski definition) is 5. The molecule has 2 heterocycles. The van der Waals surface area contributed by atoms with Gasteiger partial charge < -0.3 is 15.4 Å². The van der Waals surface area contributed by atoms with Crippen LogP contribution >= 0.6 is 11.8 Å². The molecule has 0 spiro atoms. The van der Waals surface area contributed by atoms with E-state index >= 15 is 0 Å². The van der Waals surface area contributed by atoms with Gasteiger partial charge in [-0.15, -0.1) is 11.8 Å². The molecule has 3 aromatic rings. The van der Waals surface area contributed by atoms with Crippen LogP contribution in [-0.2, 0) is 6.54 Å². The Hall–Kier alpha value is -3.52. The summed E-state index contributed by atoms with van der Waals surface area (Å²) >= 11 is 1.67. The Morgan fingerprint density at radius 3 is 2.49 bits per heavy atom. The van der Waals surface area contributed by atoms with E-state index in [0.717, 1.165) is 39.0 Å². The zero-order valence-corrected chi connectivity index (χ0v) is 21.2. The molecule has 4 rings (SSSR count). The molecule has 0 saturated carbocycles. The molecule has 0 atom stereocenters. The molecule has 0 aliphatic carbocycles. The fourth-order valence-corrected chi connectivity index (χ4v) is 5.00. The van der Waals surface area contributed by atoms with Crippen molar-refractivity contribution in [1.29, 1.82) is 0 Å². The molecule has 2 N–H and O–H groups in total. The largest absolute Gasteiger partial charge is 0.491 e. The van der Waals surface area contributed by atoms with E-state index in [1.165, 1.54) is 0 Å². The minimum absolute atomic E-state index is 0.119. The Morgan fingerprint density at radius 2 is 1.80 bits per heavy atom. The van der Waals surface area contributed by atoms with E-state index in [4.69, 9.17) is 4.74 Å². The number of aromatic nitrogens is 1. The van der Waals surface area contributed by atoms with E-state index in [1.54, 1.807) is 40.9 Å². The molecule has 0 radical (unpaired) electrons. The molecule has 0 unspecified atom stereocenters. The maximum atomic E-state index is 13.0. The van der Waals surface area contributed by atoms with E-state index in [1.807, 2.05) is 58.0 Å². The highest BCUT2D eigenvalue weighted by Gasteiger charge is 2.26. The lowest BCUT2D eigenvalue weighted by molar-refractivity contribution is 0.0951. The molecule has 1 aromatic heterocycles. The van der Waals surface area contributed by atoms with Gasteiger partial charge in [-0.25, -0.2) is 9.78 Å². The number of nitrogens with zero attached hydrogens (tertiary/aromatic N) is 2. The number of nitrogens with one attached hydrogen (secondary N) is 2. The van der Waals surface area contributed by atoms with E-state index in [2.05, 4.69) is 15.6 Å². The first kappa shape index (κ1) is 24.6. The highest BCUT2D eigenvalue weighted by Crippen LogP contribution is 2.36. The Balaban J connectivity index is 1.35. The lowest BCUT2D eigenvalue weighted by Gasteiger charge is -2.30. The smallest absolute Gasteiger partial charge is 0.326 e. The molecule has 1 aliphatic rings. The third kappa shape index (κ3) is 6.14. The zero-order valence-electron chi connectivity index (χ0n) is 20.4. The van der Waals surface area contributed by atoms with Gasteiger partial charge in [0.25, 0.3) is 5.91 Å². The van der Waals surface area contributed by atoms with E-state index in [-0.39, 0.29) is 18.0 Å². The van der Waals surface area contributed by atoms with Gasteiger partial charge in [-0.1, -0.05) is 12.1 Å². The fraction of sp³-hybridized carbons (Fsp3) is 0.296. The summed E-state index contributed by atoms with van der Waals surface area (Å²) in [6.07, 6.45) is 0.119. The average molecular weight is 491 g/mol. The Labute approximate surface area is 210 Å². The van der Waals surface area contributed by atoms with Gasteiger partial charge in [0.1, 0.15) is 10.8 Å². The number of hydrogen-bond donors (Lipinski definition) is 2. The van der Waals surface area contributed by atoms with Crippen LogP contribution < -0.4 is 20.3 Å². The van der Waals surface area contributed by atoms with Crippen molar-refractivity contribution in [1.82, 2.24) is 10.3 Å². The SMILES string of the molecule is Cc1cc(C)c2c(n1)SCCN2C(=O)Nc1ccc(C(=O)NCc2ccc(OC(C)C)cc2)cc1. The predicted octanol–water partition coefficient (Wildman–Crippen LogP) is 5.56. The van der Waals surface area contributed by atoms with Gasteiger partial charge in [-0.2, -0.15) is 0 Å². The molecule has 0 bridgehead atoms. The van der Waals surface area contributed by atoms with Gasteiger partial charge in [0.05, 0.1) is 11.8 Å². The summed E-state index contributed by atoms with van der Waals surface area (Å²) in [6, 6.07) is 16.4. The van der Waals surface area contributed by atoms with E-state index in [9.17, 15) is 9.59 Å². The van der Waals surface area contributed by atoms with Crippen LogP contribution in [0.3, 0.4) is 0 Å². The zero-order chi connectivity index (χ0) is 24.9. The number of thioether (sulfide) groups is 1. The first-order chi connectivity index (χ1) is 16.8. The average Bonchev–Trinajstić information content (AvgIpc) is 2.83. The summed E-state index contributed by atoms with van der Waals surface area (Å²) < 4.78 is 5.64. The van der Waals surface area contributed by atoms with Crippen LogP contribution in [0, 0.1) is 13.8 Å². The molecule has 3 amide bonds. The molecule has 0 saturated heterocycles. The van der Waals surface area contributed by atoms with Crippen molar-refractivity contribution in [2.24, 2.45) is 0 Å². The number of anilines is 2. The standard InChI is InChI=1S/C27H30N4O3S/c1-17(2)34-23-11-5-20(6-12-23)16-28-25(32)21-7-9-22(10-8-21)30-27(33)31-13-14-35-26-24(31)18(3)15-19(4)29-26/h5-12,15,17H,13-14,16H2,1-4H3,(H,28,32)(H,30,33). The van der Waals surface area contributed by atoms with Gasteiger partial charge >= 0.3 is 6.03 Å². The van der Waals surface area contributed by atoms with Crippen LogP contribution in [0.5, 0.6) is 5.75 Å². The molecule has 0 fully saturated rings. The molecular weight excluding hydrogens is 460 g/mol. The highest BCUT2D eigenvalue weighted by molar-refractivity contribution is 7.99. The highest BCUT2D eigenvalue weighted by atomic mass is 32.2. The van der Waals surface area contributed by atoms with Crippen molar-refractivity contribution >= 4 is 35.1 Å². The van der Waals surface area contributed by atoms with Crippen LogP contribution in [0.2, 0.25) is 0 Å². The third-order valence-electron chi connectivity index (χ3n) is 5.49. The fourth-order valence-electron chi connectivity index (χ4n) is 3.91. The van der Waals surface area contributed by atoms with Crippen LogP contribution in [0.4, 0.5) is 16.2 Å². The summed E-state index contributed by atoms with van der Waals surface area (Å²) in [7, 11) is 0. The third-order valence-corrected chi connectivity index (χ3v) is 6.44. The van der Waals surface area contributed by atoms with Gasteiger partial charge in [0.15, 0.2) is 0 Å². The number of rotatable bonds is 6. The number of aryl methyl sites for hydroxylation is 2. The Kier molecular flexibility index (Phi) is 7.60. The van der Waals surface area contributed by atoms with Crippen molar-refractivity contribution < 1.29 is 14.3 Å². The number of urea groups is 1. The number of carbonyl (C=O) groups is 2. The molecule has 8 heteroatoms. The molecule has 7 nitrogen and oxygen atoms in total. The summed E-state index contributed by atoms with van der Waals surface area (Å²) in [5, 5.41) is 6.76. The molecular formula is C27H30N4O3S. The number of carbonyl (C=O) groups excluding carboxylic acids is 2. The minimum Gasteiger partial charge on any atom is -0.491 e. The first-order valence-corrected chi connectivity index (χ1v) is 12.6. The predicted molar refractivity (Wildman–Crippen MR) is 141 cm³/mol. The van der Waals surface area contributed by atoms with Crippen molar-refractivity contribution in [3.8, 4) is 5.75 Å². The number of benzene rings is 2. The van der Waals surface area contributed by atoms with Crippen molar-refractivity contribution in [2.75, 3.05) is 22.5 Å². The molecule has 35 heavy (non-hydrogen) atoms. The van der Waals surface area contributed by atoms with E-state index < -0.39 is 0 Å². The molecule has 1 aliphatic heterocycles. The van der Waals surface area contributed by atoms with Gasteiger partial charge in [-0.3, -0.25) is 9.69 Å².